The summed E-state index contributed by atoms with van der Waals surface area (Å²) in [5, 5.41) is 15.3. The predicted molar refractivity (Wildman–Crippen MR) is 131 cm³/mol. The normalized spacial score (nSPS) is 16.8. The lowest BCUT2D eigenvalue weighted by atomic mass is 9.98. The Balaban J connectivity index is 1.49. The Morgan fingerprint density at radius 2 is 2.14 bits per heavy atom. The number of piperazine rings is 1. The Morgan fingerprint density at radius 3 is 2.81 bits per heavy atom. The van der Waals surface area contributed by atoms with Crippen molar-refractivity contribution >= 4 is 29.6 Å². The number of nitrogens with zero attached hydrogens (tertiary/aromatic N) is 5. The smallest absolute Gasteiger partial charge is 0.237 e. The van der Waals surface area contributed by atoms with Gasteiger partial charge in [-0.15, -0.1) is 0 Å². The van der Waals surface area contributed by atoms with E-state index in [-0.39, 0.29) is 17.5 Å². The average molecular weight is 492 g/mol. The summed E-state index contributed by atoms with van der Waals surface area (Å²) in [6.07, 6.45) is 3.26. The number of methoxy groups -OCH3 is 1. The minimum Gasteiger partial charge on any atom is -0.383 e. The van der Waals surface area contributed by atoms with Crippen molar-refractivity contribution in [1.29, 1.82) is 5.26 Å². The molecule has 2 aromatic rings. The van der Waals surface area contributed by atoms with Crippen LogP contribution in [0.5, 0.6) is 0 Å². The molecular weight excluding hydrogens is 462 g/mol. The Kier molecular flexibility index (Phi) is 7.57. The molecule has 0 atom stereocenters. The number of hydrogen-bond donors (Lipinski definition) is 2. The van der Waals surface area contributed by atoms with Crippen molar-refractivity contribution in [1.82, 2.24) is 19.8 Å². The van der Waals surface area contributed by atoms with Gasteiger partial charge in [0.05, 0.1) is 35.5 Å². The Labute approximate surface area is 209 Å². The van der Waals surface area contributed by atoms with E-state index >= 15 is 0 Å². The molecule has 1 saturated carbocycles. The number of carbonyl (C=O) groups excluding carboxylic acids is 3. The first-order chi connectivity index (χ1) is 17.4. The first kappa shape index (κ1) is 25.2. The van der Waals surface area contributed by atoms with Crippen molar-refractivity contribution in [3.63, 3.8) is 0 Å². The molecule has 2 aromatic heterocycles. The van der Waals surface area contributed by atoms with E-state index in [0.29, 0.717) is 80.2 Å². The number of rotatable bonds is 10. The van der Waals surface area contributed by atoms with Crippen molar-refractivity contribution in [3.8, 4) is 6.07 Å². The molecule has 0 spiro atoms. The fourth-order valence-electron chi connectivity index (χ4n) is 4.21. The Morgan fingerprint density at radius 1 is 1.33 bits per heavy atom. The van der Waals surface area contributed by atoms with Gasteiger partial charge in [0, 0.05) is 51.1 Å². The van der Waals surface area contributed by atoms with Crippen LogP contribution in [0.2, 0.25) is 0 Å². The first-order valence-electron chi connectivity index (χ1n) is 11.8. The average Bonchev–Trinajstić information content (AvgIpc) is 3.68. The summed E-state index contributed by atoms with van der Waals surface area (Å²) >= 11 is 0. The molecule has 1 aliphatic heterocycles. The monoisotopic (exact) mass is 491 g/mol. The molecule has 0 aromatic carbocycles. The minimum absolute atomic E-state index is 0.00807. The molecule has 36 heavy (non-hydrogen) atoms. The van der Waals surface area contributed by atoms with Crippen molar-refractivity contribution in [3.05, 3.63) is 46.9 Å². The third kappa shape index (κ3) is 5.35. The van der Waals surface area contributed by atoms with Gasteiger partial charge in [-0.05, 0) is 26.0 Å². The summed E-state index contributed by atoms with van der Waals surface area (Å²) in [7, 11) is 3.48. The fourth-order valence-corrected chi connectivity index (χ4v) is 4.21. The summed E-state index contributed by atoms with van der Waals surface area (Å²) in [6.45, 7) is 2.96. The summed E-state index contributed by atoms with van der Waals surface area (Å²) in [5.74, 6) is 0.0496. The predicted octanol–water partition coefficient (Wildman–Crippen LogP) is 1.16. The molecule has 0 radical (unpaired) electrons. The highest BCUT2D eigenvalue weighted by Gasteiger charge is 2.53. The lowest BCUT2D eigenvalue weighted by Gasteiger charge is -2.32. The fraction of sp³-hybridized carbons (Fsp3) is 0.440. The standard InChI is InChI=1S/C25H29N7O4/c1-31-8-9-32(23(34)15-31)14-17-3-4-21(29-20(17)16-33)25(5-6-25)24(35)30-22-11-19(27-7-10-36-2)18(12-26)13-28-22/h3-4,11,13,16H,5-10,14-15H2,1-2H3,(H2,27,28,30,35). The Hall–Kier alpha value is -3.88. The van der Waals surface area contributed by atoms with E-state index in [0.717, 1.165) is 6.54 Å². The van der Waals surface area contributed by atoms with Gasteiger partial charge < -0.3 is 20.3 Å². The second-order valence-corrected chi connectivity index (χ2v) is 9.09. The van der Waals surface area contributed by atoms with Crippen LogP contribution in [-0.2, 0) is 26.3 Å². The zero-order valence-electron chi connectivity index (χ0n) is 20.4. The van der Waals surface area contributed by atoms with Gasteiger partial charge in [0.25, 0.3) is 0 Å². The van der Waals surface area contributed by atoms with E-state index in [1.165, 1.54) is 6.20 Å². The van der Waals surface area contributed by atoms with Crippen molar-refractivity contribution in [2.24, 2.45) is 0 Å². The molecule has 0 unspecified atom stereocenters. The van der Waals surface area contributed by atoms with Crippen LogP contribution in [0.25, 0.3) is 0 Å². The van der Waals surface area contributed by atoms with E-state index in [4.69, 9.17) is 4.74 Å². The van der Waals surface area contributed by atoms with Gasteiger partial charge in [0.1, 0.15) is 17.6 Å². The number of likely N-dealkylation sites (N-methyl/N-ethyl adjacent to an activating group) is 1. The van der Waals surface area contributed by atoms with Crippen LogP contribution >= 0.6 is 0 Å². The van der Waals surface area contributed by atoms with E-state index in [1.54, 1.807) is 30.2 Å². The van der Waals surface area contributed by atoms with E-state index < -0.39 is 5.41 Å². The highest BCUT2D eigenvalue weighted by atomic mass is 16.5. The quantitative estimate of drug-likeness (QED) is 0.370. The van der Waals surface area contributed by atoms with Crippen molar-refractivity contribution < 1.29 is 19.1 Å². The Bertz CT molecular complexity index is 1210. The lowest BCUT2D eigenvalue weighted by Crippen LogP contribution is -2.48. The van der Waals surface area contributed by atoms with Gasteiger partial charge in [-0.25, -0.2) is 9.97 Å². The summed E-state index contributed by atoms with van der Waals surface area (Å²) in [5.41, 5.74) is 1.47. The van der Waals surface area contributed by atoms with Gasteiger partial charge in [-0.3, -0.25) is 19.3 Å². The largest absolute Gasteiger partial charge is 0.383 e. The van der Waals surface area contributed by atoms with Crippen molar-refractivity contribution in [2.75, 3.05) is 57.6 Å². The highest BCUT2D eigenvalue weighted by Crippen LogP contribution is 2.48. The van der Waals surface area contributed by atoms with Gasteiger partial charge in [0.2, 0.25) is 11.8 Å². The topological polar surface area (TPSA) is 141 Å². The number of aromatic nitrogens is 2. The molecule has 0 bridgehead atoms. The lowest BCUT2D eigenvalue weighted by molar-refractivity contribution is -0.136. The third-order valence-electron chi connectivity index (χ3n) is 6.56. The zero-order valence-corrected chi connectivity index (χ0v) is 20.4. The molecule has 2 N–H and O–H groups in total. The molecule has 2 fully saturated rings. The molecule has 11 heteroatoms. The van der Waals surface area contributed by atoms with Gasteiger partial charge in [0.15, 0.2) is 6.29 Å². The van der Waals surface area contributed by atoms with Gasteiger partial charge in [-0.1, -0.05) is 6.07 Å². The molecule has 4 rings (SSSR count). The molecule has 1 aliphatic carbocycles. The maximum Gasteiger partial charge on any atom is 0.237 e. The third-order valence-corrected chi connectivity index (χ3v) is 6.56. The number of aldehydes is 1. The summed E-state index contributed by atoms with van der Waals surface area (Å²) in [6, 6.07) is 7.23. The number of hydrogen-bond acceptors (Lipinski definition) is 9. The van der Waals surface area contributed by atoms with E-state index in [9.17, 15) is 19.6 Å². The maximum absolute atomic E-state index is 13.3. The van der Waals surface area contributed by atoms with Gasteiger partial charge in [-0.2, -0.15) is 5.26 Å². The number of pyridine rings is 2. The molecule has 1 saturated heterocycles. The minimum atomic E-state index is -0.848. The van der Waals surface area contributed by atoms with Crippen LogP contribution in [-0.4, -0.2) is 84.8 Å². The van der Waals surface area contributed by atoms with Crippen LogP contribution in [0.3, 0.4) is 0 Å². The molecule has 188 valence electrons. The number of nitriles is 1. The number of amides is 2. The number of nitrogens with one attached hydrogen (secondary N) is 2. The summed E-state index contributed by atoms with van der Waals surface area (Å²) in [4.78, 5) is 49.8. The zero-order chi connectivity index (χ0) is 25.7. The van der Waals surface area contributed by atoms with Crippen molar-refractivity contribution in [2.45, 2.75) is 24.8 Å². The summed E-state index contributed by atoms with van der Waals surface area (Å²) < 4.78 is 5.03. The second kappa shape index (κ2) is 10.8. The van der Waals surface area contributed by atoms with E-state index in [1.807, 2.05) is 11.9 Å². The second-order valence-electron chi connectivity index (χ2n) is 9.09. The van der Waals surface area contributed by atoms with Crippen LogP contribution in [0.1, 0.15) is 40.2 Å². The molecule has 2 amide bonds. The van der Waals surface area contributed by atoms with Crippen LogP contribution < -0.4 is 10.6 Å². The van der Waals surface area contributed by atoms with Crippen LogP contribution in [0, 0.1) is 11.3 Å². The number of ether oxygens (including phenoxy) is 1. The van der Waals surface area contributed by atoms with Gasteiger partial charge >= 0.3 is 0 Å². The number of anilines is 2. The maximum atomic E-state index is 13.3. The van der Waals surface area contributed by atoms with E-state index in [2.05, 4.69) is 26.7 Å². The first-order valence-corrected chi connectivity index (χ1v) is 11.8. The molecule has 2 aliphatic rings. The van der Waals surface area contributed by atoms with Crippen LogP contribution in [0.15, 0.2) is 24.4 Å². The highest BCUT2D eigenvalue weighted by molar-refractivity contribution is 6.01. The SMILES string of the molecule is COCCNc1cc(NC(=O)C2(c3ccc(CN4CCN(C)CC4=O)c(C=O)n3)CC2)ncc1C#N. The molecule has 3 heterocycles. The molecule has 11 nitrogen and oxygen atoms in total. The number of carbonyl (C=O) groups is 3. The van der Waals surface area contributed by atoms with Crippen LogP contribution in [0.4, 0.5) is 11.5 Å². The molecular formula is C25H29N7O4.